The Balaban J connectivity index is 2.13. The van der Waals surface area contributed by atoms with Gasteiger partial charge in [0.25, 0.3) is 0 Å². The van der Waals surface area contributed by atoms with E-state index in [4.69, 9.17) is 22.2 Å². The number of hydrogen-bond acceptors (Lipinski definition) is 3. The van der Waals surface area contributed by atoms with Gasteiger partial charge in [-0.05, 0) is 62.6 Å². The summed E-state index contributed by atoms with van der Waals surface area (Å²) in [5.74, 6) is 6.66. The van der Waals surface area contributed by atoms with Gasteiger partial charge in [0.1, 0.15) is 0 Å². The lowest BCUT2D eigenvalue weighted by Gasteiger charge is -2.44. The lowest BCUT2D eigenvalue weighted by Crippen LogP contribution is -2.57. The van der Waals surface area contributed by atoms with Crippen LogP contribution in [0.3, 0.4) is 0 Å². The van der Waals surface area contributed by atoms with Crippen LogP contribution in [0.1, 0.15) is 45.1 Å². The number of nitrogens with one attached hydrogen (secondary N) is 1. The van der Waals surface area contributed by atoms with Crippen LogP contribution < -0.4 is 11.3 Å². The van der Waals surface area contributed by atoms with Crippen LogP contribution in [0.25, 0.3) is 0 Å². The minimum atomic E-state index is -0.143. The predicted octanol–water partition coefficient (Wildman–Crippen LogP) is 3.70. The average molecular weight is 311 g/mol. The summed E-state index contributed by atoms with van der Waals surface area (Å²) in [7, 11) is 0. The molecule has 1 aliphatic rings. The molecule has 0 aromatic heterocycles. The first-order chi connectivity index (χ1) is 10.1. The lowest BCUT2D eigenvalue weighted by molar-refractivity contribution is -0.0961. The zero-order valence-electron chi connectivity index (χ0n) is 13.1. The zero-order chi connectivity index (χ0) is 15.3. The third kappa shape index (κ3) is 4.19. The lowest BCUT2D eigenvalue weighted by atomic mass is 9.74. The van der Waals surface area contributed by atoms with Crippen LogP contribution in [0.2, 0.25) is 5.02 Å². The first kappa shape index (κ1) is 16.8. The molecule has 2 rings (SSSR count). The Morgan fingerprint density at radius 3 is 2.48 bits per heavy atom. The van der Waals surface area contributed by atoms with Gasteiger partial charge in [0, 0.05) is 11.6 Å². The topological polar surface area (TPSA) is 47.3 Å². The summed E-state index contributed by atoms with van der Waals surface area (Å²) in [6, 6.07) is 8.13. The minimum Gasteiger partial charge on any atom is -0.374 e. The number of ether oxygens (including phenoxy) is 1. The van der Waals surface area contributed by atoms with Crippen LogP contribution in [-0.4, -0.2) is 18.2 Å². The summed E-state index contributed by atoms with van der Waals surface area (Å²) in [6.07, 6.45) is 5.43. The van der Waals surface area contributed by atoms with Crippen molar-refractivity contribution in [2.75, 3.05) is 6.61 Å². The normalized spacial score (nSPS) is 27.5. The molecule has 4 heteroatoms. The van der Waals surface area contributed by atoms with E-state index in [1.54, 1.807) is 0 Å². The molecule has 1 saturated carbocycles. The van der Waals surface area contributed by atoms with Crippen molar-refractivity contribution in [2.24, 2.45) is 11.8 Å². The molecule has 1 atom stereocenters. The molecule has 1 aromatic rings. The molecule has 3 nitrogen and oxygen atoms in total. The predicted molar refractivity (Wildman–Crippen MR) is 88.3 cm³/mol. The van der Waals surface area contributed by atoms with E-state index < -0.39 is 0 Å². The van der Waals surface area contributed by atoms with Crippen molar-refractivity contribution in [3.63, 3.8) is 0 Å². The SMILES string of the molecule is CCOC1(C(Cc2ccc(Cl)cc2)NN)CCC(C)CC1. The molecule has 0 heterocycles. The van der Waals surface area contributed by atoms with Crippen LogP contribution in [0.5, 0.6) is 0 Å². The van der Waals surface area contributed by atoms with E-state index in [9.17, 15) is 0 Å². The molecule has 0 aliphatic heterocycles. The van der Waals surface area contributed by atoms with Crippen LogP contribution in [0.15, 0.2) is 24.3 Å². The van der Waals surface area contributed by atoms with Gasteiger partial charge in [-0.2, -0.15) is 0 Å². The van der Waals surface area contributed by atoms with Gasteiger partial charge in [0.2, 0.25) is 0 Å². The molecular formula is C17H27ClN2O. The molecule has 0 radical (unpaired) electrons. The van der Waals surface area contributed by atoms with Gasteiger partial charge in [-0.3, -0.25) is 11.3 Å². The highest BCUT2D eigenvalue weighted by Gasteiger charge is 2.41. The summed E-state index contributed by atoms with van der Waals surface area (Å²) in [4.78, 5) is 0. The Bertz CT molecular complexity index is 427. The fraction of sp³-hybridized carbons (Fsp3) is 0.647. The fourth-order valence-corrected chi connectivity index (χ4v) is 3.51. The van der Waals surface area contributed by atoms with Crippen LogP contribution in [-0.2, 0) is 11.2 Å². The van der Waals surface area contributed by atoms with E-state index in [0.717, 1.165) is 36.8 Å². The van der Waals surface area contributed by atoms with Crippen molar-refractivity contribution in [2.45, 2.75) is 57.6 Å². The van der Waals surface area contributed by atoms with Crippen molar-refractivity contribution >= 4 is 11.6 Å². The summed E-state index contributed by atoms with van der Waals surface area (Å²) >= 11 is 5.96. The molecule has 118 valence electrons. The largest absolute Gasteiger partial charge is 0.374 e. The van der Waals surface area contributed by atoms with E-state index in [1.165, 1.54) is 18.4 Å². The van der Waals surface area contributed by atoms with Gasteiger partial charge < -0.3 is 4.74 Å². The molecule has 0 saturated heterocycles. The van der Waals surface area contributed by atoms with Crippen molar-refractivity contribution in [3.8, 4) is 0 Å². The highest BCUT2D eigenvalue weighted by Crippen LogP contribution is 2.38. The highest BCUT2D eigenvalue weighted by atomic mass is 35.5. The molecule has 1 fully saturated rings. The number of benzene rings is 1. The van der Waals surface area contributed by atoms with E-state index in [-0.39, 0.29) is 11.6 Å². The van der Waals surface area contributed by atoms with E-state index >= 15 is 0 Å². The van der Waals surface area contributed by atoms with Gasteiger partial charge in [0.05, 0.1) is 11.6 Å². The Kier molecular flexibility index (Phi) is 6.06. The monoisotopic (exact) mass is 310 g/mol. The first-order valence-electron chi connectivity index (χ1n) is 7.94. The van der Waals surface area contributed by atoms with Crippen molar-refractivity contribution in [3.05, 3.63) is 34.9 Å². The standard InChI is InChI=1S/C17H27ClN2O/c1-3-21-17(10-8-13(2)9-11-17)16(20-19)12-14-4-6-15(18)7-5-14/h4-7,13,16,20H,3,8-12,19H2,1-2H3. The van der Waals surface area contributed by atoms with Crippen LogP contribution in [0, 0.1) is 5.92 Å². The Morgan fingerprint density at radius 2 is 1.95 bits per heavy atom. The smallest absolute Gasteiger partial charge is 0.0851 e. The van der Waals surface area contributed by atoms with Gasteiger partial charge in [-0.25, -0.2) is 0 Å². The molecule has 1 unspecified atom stereocenters. The fourth-order valence-electron chi connectivity index (χ4n) is 3.38. The second-order valence-corrected chi connectivity index (χ2v) is 6.67. The first-order valence-corrected chi connectivity index (χ1v) is 8.32. The van der Waals surface area contributed by atoms with E-state index in [0.29, 0.717) is 0 Å². The van der Waals surface area contributed by atoms with Gasteiger partial charge in [0.15, 0.2) is 0 Å². The zero-order valence-corrected chi connectivity index (χ0v) is 13.8. The Hall–Kier alpha value is -0.610. The molecule has 21 heavy (non-hydrogen) atoms. The summed E-state index contributed by atoms with van der Waals surface area (Å²) < 4.78 is 6.20. The average Bonchev–Trinajstić information content (AvgIpc) is 2.49. The van der Waals surface area contributed by atoms with Crippen LogP contribution >= 0.6 is 11.6 Å². The van der Waals surface area contributed by atoms with Gasteiger partial charge >= 0.3 is 0 Å². The Morgan fingerprint density at radius 1 is 1.33 bits per heavy atom. The van der Waals surface area contributed by atoms with Gasteiger partial charge in [-0.15, -0.1) is 0 Å². The maximum absolute atomic E-state index is 6.20. The van der Waals surface area contributed by atoms with E-state index in [2.05, 4.69) is 31.4 Å². The quantitative estimate of drug-likeness (QED) is 0.622. The maximum atomic E-state index is 6.20. The Labute approximate surface area is 133 Å². The van der Waals surface area contributed by atoms with Crippen molar-refractivity contribution in [1.29, 1.82) is 0 Å². The number of hydrogen-bond donors (Lipinski definition) is 2. The second-order valence-electron chi connectivity index (χ2n) is 6.23. The molecule has 1 aromatic carbocycles. The molecule has 0 spiro atoms. The maximum Gasteiger partial charge on any atom is 0.0851 e. The number of nitrogens with two attached hydrogens (primary N) is 1. The van der Waals surface area contributed by atoms with E-state index in [1.807, 2.05) is 12.1 Å². The van der Waals surface area contributed by atoms with Crippen molar-refractivity contribution < 1.29 is 4.74 Å². The van der Waals surface area contributed by atoms with Crippen molar-refractivity contribution in [1.82, 2.24) is 5.43 Å². The summed E-state index contributed by atoms with van der Waals surface area (Å²) in [5, 5.41) is 0.766. The molecular weight excluding hydrogens is 284 g/mol. The minimum absolute atomic E-state index is 0.131. The number of hydrazine groups is 1. The molecule has 0 amide bonds. The molecule has 0 bridgehead atoms. The van der Waals surface area contributed by atoms with Gasteiger partial charge in [-0.1, -0.05) is 30.7 Å². The summed E-state index contributed by atoms with van der Waals surface area (Å²) in [6.45, 7) is 5.11. The summed E-state index contributed by atoms with van der Waals surface area (Å²) in [5.41, 5.74) is 4.11. The second kappa shape index (κ2) is 7.59. The highest BCUT2D eigenvalue weighted by molar-refractivity contribution is 6.30. The number of rotatable bonds is 6. The molecule has 3 N–H and O–H groups in total. The van der Waals surface area contributed by atoms with Crippen LogP contribution in [0.4, 0.5) is 0 Å². The third-order valence-corrected chi connectivity index (χ3v) is 4.99. The third-order valence-electron chi connectivity index (χ3n) is 4.74. The molecule has 1 aliphatic carbocycles. The number of halogens is 1.